The van der Waals surface area contributed by atoms with Crippen molar-refractivity contribution in [1.82, 2.24) is 25.0 Å². The highest BCUT2D eigenvalue weighted by molar-refractivity contribution is 14.0. The van der Waals surface area contributed by atoms with Gasteiger partial charge in [-0.3, -0.25) is 0 Å². The minimum atomic E-state index is 0. The van der Waals surface area contributed by atoms with Gasteiger partial charge in [-0.1, -0.05) is 13.8 Å². The number of guanidine groups is 1. The number of hydrogen-bond donors (Lipinski definition) is 1. The highest BCUT2D eigenvalue weighted by Crippen LogP contribution is 2.23. The van der Waals surface area contributed by atoms with Crippen LogP contribution in [-0.4, -0.2) is 45.3 Å². The van der Waals surface area contributed by atoms with Crippen LogP contribution < -0.4 is 5.32 Å². The first-order valence-electron chi connectivity index (χ1n) is 7.96. The van der Waals surface area contributed by atoms with E-state index in [0.29, 0.717) is 6.54 Å². The molecule has 1 fully saturated rings. The molecule has 7 heteroatoms. The zero-order chi connectivity index (χ0) is 15.2. The second-order valence-corrected chi connectivity index (χ2v) is 6.26. The SMILES string of the molecule is CCNC(=NCc1nncn1C)N1CCC(CC(C)C)C1.I. The van der Waals surface area contributed by atoms with Gasteiger partial charge in [-0.15, -0.1) is 34.2 Å². The monoisotopic (exact) mass is 420 g/mol. The quantitative estimate of drug-likeness (QED) is 0.451. The van der Waals surface area contributed by atoms with E-state index in [0.717, 1.165) is 43.3 Å². The normalized spacial score (nSPS) is 18.7. The van der Waals surface area contributed by atoms with Crippen LogP contribution in [0, 0.1) is 11.8 Å². The van der Waals surface area contributed by atoms with Crippen molar-refractivity contribution < 1.29 is 0 Å². The molecule has 126 valence electrons. The zero-order valence-electron chi connectivity index (χ0n) is 14.1. The Labute approximate surface area is 150 Å². The van der Waals surface area contributed by atoms with Gasteiger partial charge >= 0.3 is 0 Å². The maximum Gasteiger partial charge on any atom is 0.194 e. The highest BCUT2D eigenvalue weighted by atomic mass is 127. The number of likely N-dealkylation sites (tertiary alicyclic amines) is 1. The fraction of sp³-hybridized carbons (Fsp3) is 0.800. The number of hydrogen-bond acceptors (Lipinski definition) is 3. The van der Waals surface area contributed by atoms with Gasteiger partial charge in [0.1, 0.15) is 12.9 Å². The smallest absolute Gasteiger partial charge is 0.194 e. The number of nitrogens with one attached hydrogen (secondary N) is 1. The van der Waals surface area contributed by atoms with Gasteiger partial charge in [0.2, 0.25) is 0 Å². The van der Waals surface area contributed by atoms with Gasteiger partial charge in [0.25, 0.3) is 0 Å². The van der Waals surface area contributed by atoms with Crippen LogP contribution >= 0.6 is 24.0 Å². The van der Waals surface area contributed by atoms with E-state index in [1.54, 1.807) is 6.33 Å². The molecule has 0 aliphatic carbocycles. The molecule has 0 radical (unpaired) electrons. The second-order valence-electron chi connectivity index (χ2n) is 6.26. The summed E-state index contributed by atoms with van der Waals surface area (Å²) in [4.78, 5) is 7.10. The molecular formula is C15H29IN6. The summed E-state index contributed by atoms with van der Waals surface area (Å²) in [6.07, 6.45) is 4.29. The third-order valence-electron chi connectivity index (χ3n) is 3.90. The zero-order valence-corrected chi connectivity index (χ0v) is 16.4. The van der Waals surface area contributed by atoms with E-state index in [1.807, 2.05) is 11.6 Å². The molecule has 0 saturated carbocycles. The molecule has 1 aliphatic heterocycles. The van der Waals surface area contributed by atoms with Crippen LogP contribution in [-0.2, 0) is 13.6 Å². The molecule has 0 aromatic carbocycles. The standard InChI is InChI=1S/C15H28N6.HI/c1-5-16-15(17-9-14-19-18-11-20(14)4)21-7-6-13(10-21)8-12(2)3;/h11-13H,5-10H2,1-4H3,(H,16,17);1H. The van der Waals surface area contributed by atoms with E-state index >= 15 is 0 Å². The van der Waals surface area contributed by atoms with E-state index < -0.39 is 0 Å². The lowest BCUT2D eigenvalue weighted by atomic mass is 9.97. The molecule has 1 aromatic heterocycles. The Kier molecular flexibility index (Phi) is 8.13. The van der Waals surface area contributed by atoms with E-state index in [2.05, 4.69) is 41.2 Å². The molecule has 2 rings (SSSR count). The summed E-state index contributed by atoms with van der Waals surface area (Å²) in [6, 6.07) is 0. The largest absolute Gasteiger partial charge is 0.357 e. The van der Waals surface area contributed by atoms with E-state index in [4.69, 9.17) is 4.99 Å². The van der Waals surface area contributed by atoms with Crippen LogP contribution in [0.2, 0.25) is 0 Å². The molecule has 0 bridgehead atoms. The fourth-order valence-corrected chi connectivity index (χ4v) is 2.91. The molecule has 0 amide bonds. The van der Waals surface area contributed by atoms with Gasteiger partial charge in [-0.2, -0.15) is 0 Å². The molecule has 1 atom stereocenters. The van der Waals surface area contributed by atoms with Crippen molar-refractivity contribution in [3.63, 3.8) is 0 Å². The number of halogens is 1. The topological polar surface area (TPSA) is 58.3 Å². The van der Waals surface area contributed by atoms with E-state index in [-0.39, 0.29) is 24.0 Å². The molecule has 1 aliphatic rings. The Morgan fingerprint density at radius 2 is 2.27 bits per heavy atom. The third kappa shape index (κ3) is 5.40. The van der Waals surface area contributed by atoms with Crippen LogP contribution in [0.25, 0.3) is 0 Å². The van der Waals surface area contributed by atoms with Gasteiger partial charge in [0, 0.05) is 26.7 Å². The molecular weight excluding hydrogens is 391 g/mol. The van der Waals surface area contributed by atoms with Crippen LogP contribution in [0.3, 0.4) is 0 Å². The summed E-state index contributed by atoms with van der Waals surface area (Å²) < 4.78 is 1.92. The van der Waals surface area contributed by atoms with E-state index in [9.17, 15) is 0 Å². The molecule has 0 spiro atoms. The van der Waals surface area contributed by atoms with Crippen LogP contribution in [0.5, 0.6) is 0 Å². The Morgan fingerprint density at radius 1 is 1.50 bits per heavy atom. The predicted molar refractivity (Wildman–Crippen MR) is 100 cm³/mol. The minimum absolute atomic E-state index is 0. The van der Waals surface area contributed by atoms with Gasteiger partial charge < -0.3 is 14.8 Å². The molecule has 1 saturated heterocycles. The molecule has 6 nitrogen and oxygen atoms in total. The van der Waals surface area contributed by atoms with Crippen molar-refractivity contribution in [2.45, 2.75) is 40.2 Å². The lowest BCUT2D eigenvalue weighted by molar-refractivity contribution is 0.403. The predicted octanol–water partition coefficient (Wildman–Crippen LogP) is 2.27. The van der Waals surface area contributed by atoms with Crippen molar-refractivity contribution >= 4 is 29.9 Å². The summed E-state index contributed by atoms with van der Waals surface area (Å²) in [6.45, 7) is 10.4. The van der Waals surface area contributed by atoms with Gasteiger partial charge in [0.05, 0.1) is 0 Å². The maximum atomic E-state index is 4.72. The molecule has 1 N–H and O–H groups in total. The number of aromatic nitrogens is 3. The average molecular weight is 420 g/mol. The highest BCUT2D eigenvalue weighted by Gasteiger charge is 2.25. The summed E-state index contributed by atoms with van der Waals surface area (Å²) >= 11 is 0. The van der Waals surface area contributed by atoms with Crippen molar-refractivity contribution in [1.29, 1.82) is 0 Å². The first-order valence-corrected chi connectivity index (χ1v) is 7.96. The lowest BCUT2D eigenvalue weighted by Crippen LogP contribution is -2.40. The van der Waals surface area contributed by atoms with Crippen molar-refractivity contribution in [2.24, 2.45) is 23.9 Å². The Morgan fingerprint density at radius 3 is 2.86 bits per heavy atom. The lowest BCUT2D eigenvalue weighted by Gasteiger charge is -2.22. The summed E-state index contributed by atoms with van der Waals surface area (Å²) in [7, 11) is 1.95. The number of aryl methyl sites for hydroxylation is 1. The van der Waals surface area contributed by atoms with Crippen LogP contribution in [0.15, 0.2) is 11.3 Å². The number of aliphatic imine (C=N–C) groups is 1. The summed E-state index contributed by atoms with van der Waals surface area (Å²) in [5.41, 5.74) is 0. The van der Waals surface area contributed by atoms with E-state index in [1.165, 1.54) is 12.8 Å². The summed E-state index contributed by atoms with van der Waals surface area (Å²) in [5, 5.41) is 11.4. The first-order chi connectivity index (χ1) is 10.1. The molecule has 2 heterocycles. The van der Waals surface area contributed by atoms with Crippen LogP contribution in [0.4, 0.5) is 0 Å². The van der Waals surface area contributed by atoms with Gasteiger partial charge in [-0.05, 0) is 31.6 Å². The first kappa shape index (κ1) is 19.2. The second kappa shape index (κ2) is 9.32. The van der Waals surface area contributed by atoms with Crippen molar-refractivity contribution in [3.05, 3.63) is 12.2 Å². The molecule has 1 aromatic rings. The molecule has 22 heavy (non-hydrogen) atoms. The maximum absolute atomic E-state index is 4.72. The minimum Gasteiger partial charge on any atom is -0.357 e. The van der Waals surface area contributed by atoms with Crippen molar-refractivity contribution in [2.75, 3.05) is 19.6 Å². The number of rotatable bonds is 5. The average Bonchev–Trinajstić information content (AvgIpc) is 3.03. The van der Waals surface area contributed by atoms with Gasteiger partial charge in [0.15, 0.2) is 11.8 Å². The van der Waals surface area contributed by atoms with Crippen molar-refractivity contribution in [3.8, 4) is 0 Å². The number of nitrogens with zero attached hydrogens (tertiary/aromatic N) is 5. The van der Waals surface area contributed by atoms with Gasteiger partial charge in [-0.25, -0.2) is 4.99 Å². The Hall–Kier alpha value is -0.860. The third-order valence-corrected chi connectivity index (χ3v) is 3.90. The molecule has 1 unspecified atom stereocenters. The Bertz CT molecular complexity index is 470. The Balaban J connectivity index is 0.00000242. The fourth-order valence-electron chi connectivity index (χ4n) is 2.91. The summed E-state index contributed by atoms with van der Waals surface area (Å²) in [5.74, 6) is 3.46. The van der Waals surface area contributed by atoms with Crippen LogP contribution in [0.1, 0.15) is 39.4 Å².